The SMILES string of the molecule is CC.CC(=O)Nc1[nH]c(=O)ncc1P. The van der Waals surface area contributed by atoms with Crippen LogP contribution in [0.1, 0.15) is 20.8 Å². The maximum absolute atomic E-state index is 10.7. The second kappa shape index (κ2) is 6.27. The van der Waals surface area contributed by atoms with Crippen LogP contribution in [0.2, 0.25) is 0 Å². The standard InChI is InChI=1S/C6H8N3O2P.C2H6/c1-3(10)8-5-4(12)2-7-6(11)9-5;1-2/h2H,12H2,1H3,(H2,7,8,9,10,11);1-2H3. The maximum Gasteiger partial charge on any atom is 0.346 e. The number of aromatic nitrogens is 2. The number of H-pyrrole nitrogens is 1. The largest absolute Gasteiger partial charge is 0.346 e. The van der Waals surface area contributed by atoms with Crippen molar-refractivity contribution in [3.05, 3.63) is 16.7 Å². The quantitative estimate of drug-likeness (QED) is 0.659. The fourth-order valence-corrected chi connectivity index (χ4v) is 0.902. The van der Waals surface area contributed by atoms with E-state index in [9.17, 15) is 9.59 Å². The third kappa shape index (κ3) is 4.14. The molecule has 1 amide bonds. The minimum absolute atomic E-state index is 0.236. The average Bonchev–Trinajstić information content (AvgIpc) is 2.14. The normalized spacial score (nSPS) is 8.57. The smallest absolute Gasteiger partial charge is 0.312 e. The molecule has 0 saturated heterocycles. The van der Waals surface area contributed by atoms with Crippen molar-refractivity contribution in [3.63, 3.8) is 0 Å². The number of nitrogens with one attached hydrogen (secondary N) is 2. The molecule has 1 rings (SSSR count). The highest BCUT2D eigenvalue weighted by Gasteiger charge is 2.00. The molecular formula is C8H14N3O2P. The monoisotopic (exact) mass is 215 g/mol. The molecule has 5 nitrogen and oxygen atoms in total. The molecule has 0 bridgehead atoms. The molecule has 0 radical (unpaired) electrons. The molecule has 1 atom stereocenters. The number of anilines is 1. The maximum atomic E-state index is 10.7. The summed E-state index contributed by atoms with van der Waals surface area (Å²) in [5.41, 5.74) is -0.482. The van der Waals surface area contributed by atoms with Crippen LogP contribution in [0.5, 0.6) is 0 Å². The number of rotatable bonds is 1. The van der Waals surface area contributed by atoms with Crippen LogP contribution < -0.4 is 16.3 Å². The van der Waals surface area contributed by atoms with Crippen molar-refractivity contribution in [2.75, 3.05) is 5.32 Å². The van der Waals surface area contributed by atoms with Gasteiger partial charge in [-0.3, -0.25) is 9.78 Å². The average molecular weight is 215 g/mol. The van der Waals surface area contributed by atoms with Crippen LogP contribution in [-0.2, 0) is 4.79 Å². The van der Waals surface area contributed by atoms with Crippen LogP contribution in [-0.4, -0.2) is 15.9 Å². The summed E-state index contributed by atoms with van der Waals surface area (Å²) >= 11 is 0. The van der Waals surface area contributed by atoms with Crippen molar-refractivity contribution in [1.29, 1.82) is 0 Å². The lowest BCUT2D eigenvalue weighted by Crippen LogP contribution is -2.21. The zero-order chi connectivity index (χ0) is 11.1. The molecule has 0 spiro atoms. The summed E-state index contributed by atoms with van der Waals surface area (Å²) in [6, 6.07) is 0. The van der Waals surface area contributed by atoms with Crippen LogP contribution in [0.25, 0.3) is 0 Å². The van der Waals surface area contributed by atoms with E-state index in [2.05, 4.69) is 24.5 Å². The zero-order valence-electron chi connectivity index (χ0n) is 8.42. The van der Waals surface area contributed by atoms with Gasteiger partial charge in [0.05, 0.1) is 0 Å². The molecule has 0 aliphatic carbocycles. The third-order valence-corrected chi connectivity index (χ3v) is 1.58. The number of hydrogen-bond acceptors (Lipinski definition) is 3. The summed E-state index contributed by atoms with van der Waals surface area (Å²) in [5, 5.41) is 3.10. The fourth-order valence-electron chi connectivity index (χ4n) is 0.684. The molecule has 6 heteroatoms. The Morgan fingerprint density at radius 3 is 2.64 bits per heavy atom. The lowest BCUT2D eigenvalue weighted by atomic mass is 10.5. The molecule has 1 aromatic rings. The Balaban J connectivity index is 0.000000791. The summed E-state index contributed by atoms with van der Waals surface area (Å²) in [5.74, 6) is 0.132. The van der Waals surface area contributed by atoms with Crippen molar-refractivity contribution < 1.29 is 4.79 Å². The molecule has 0 aliphatic rings. The van der Waals surface area contributed by atoms with E-state index in [0.29, 0.717) is 11.1 Å². The van der Waals surface area contributed by atoms with Crippen molar-refractivity contribution in [2.45, 2.75) is 20.8 Å². The summed E-state index contributed by atoms with van der Waals surface area (Å²) in [4.78, 5) is 27.2. The first-order chi connectivity index (χ1) is 6.59. The van der Waals surface area contributed by atoms with E-state index in [4.69, 9.17) is 0 Å². The second-order valence-corrected chi connectivity index (χ2v) is 2.82. The van der Waals surface area contributed by atoms with E-state index in [-0.39, 0.29) is 5.91 Å². The van der Waals surface area contributed by atoms with Gasteiger partial charge in [0.25, 0.3) is 0 Å². The Morgan fingerprint density at radius 2 is 2.14 bits per heavy atom. The molecule has 1 unspecified atom stereocenters. The van der Waals surface area contributed by atoms with Gasteiger partial charge >= 0.3 is 5.69 Å². The number of aromatic amines is 1. The highest BCUT2D eigenvalue weighted by Crippen LogP contribution is 1.97. The third-order valence-electron chi connectivity index (χ3n) is 1.14. The summed E-state index contributed by atoms with van der Waals surface area (Å²) in [6.07, 6.45) is 1.37. The molecule has 0 fully saturated rings. The van der Waals surface area contributed by atoms with Crippen molar-refractivity contribution >= 4 is 26.3 Å². The topological polar surface area (TPSA) is 74.8 Å². The van der Waals surface area contributed by atoms with Crippen LogP contribution in [0, 0.1) is 0 Å². The van der Waals surface area contributed by atoms with Gasteiger partial charge < -0.3 is 5.32 Å². The molecule has 2 N–H and O–H groups in total. The summed E-state index contributed by atoms with van der Waals surface area (Å²) in [7, 11) is 2.35. The zero-order valence-corrected chi connectivity index (χ0v) is 9.57. The highest BCUT2D eigenvalue weighted by atomic mass is 31.0. The first-order valence-electron chi connectivity index (χ1n) is 4.22. The van der Waals surface area contributed by atoms with Crippen LogP contribution in [0.3, 0.4) is 0 Å². The van der Waals surface area contributed by atoms with Gasteiger partial charge in [0.1, 0.15) is 5.82 Å². The van der Waals surface area contributed by atoms with Crippen LogP contribution >= 0.6 is 9.24 Å². The van der Waals surface area contributed by atoms with Crippen molar-refractivity contribution in [3.8, 4) is 0 Å². The Morgan fingerprint density at radius 1 is 1.57 bits per heavy atom. The Labute approximate surface area is 84.5 Å². The molecule has 78 valence electrons. The molecule has 14 heavy (non-hydrogen) atoms. The second-order valence-electron chi connectivity index (χ2n) is 2.20. The van der Waals surface area contributed by atoms with Gasteiger partial charge in [-0.25, -0.2) is 9.78 Å². The number of amides is 1. The van der Waals surface area contributed by atoms with E-state index in [1.54, 1.807) is 0 Å². The first kappa shape index (κ1) is 12.8. The first-order valence-corrected chi connectivity index (χ1v) is 4.79. The molecular weight excluding hydrogens is 201 g/mol. The van der Waals surface area contributed by atoms with Crippen molar-refractivity contribution in [2.24, 2.45) is 0 Å². The molecule has 0 saturated carbocycles. The van der Waals surface area contributed by atoms with Crippen LogP contribution in [0.15, 0.2) is 11.0 Å². The van der Waals surface area contributed by atoms with Gasteiger partial charge in [-0.1, -0.05) is 23.1 Å². The fraction of sp³-hybridized carbons (Fsp3) is 0.375. The van der Waals surface area contributed by atoms with Gasteiger partial charge in [0.2, 0.25) is 5.91 Å². The lowest BCUT2D eigenvalue weighted by Gasteiger charge is -2.02. The molecule has 1 aromatic heterocycles. The van der Waals surface area contributed by atoms with Gasteiger partial charge in [0, 0.05) is 18.4 Å². The molecule has 0 aromatic carbocycles. The van der Waals surface area contributed by atoms with Crippen LogP contribution in [0.4, 0.5) is 5.82 Å². The van der Waals surface area contributed by atoms with E-state index < -0.39 is 5.69 Å². The van der Waals surface area contributed by atoms with Gasteiger partial charge in [-0.05, 0) is 0 Å². The molecule has 1 heterocycles. The predicted octanol–water partition coefficient (Wildman–Crippen LogP) is 0.255. The number of carbonyl (C=O) groups is 1. The Hall–Kier alpha value is -1.22. The van der Waals surface area contributed by atoms with Crippen molar-refractivity contribution in [1.82, 2.24) is 9.97 Å². The van der Waals surface area contributed by atoms with E-state index in [0.717, 1.165) is 0 Å². The Kier molecular flexibility index (Phi) is 5.72. The van der Waals surface area contributed by atoms with Gasteiger partial charge in [0.15, 0.2) is 0 Å². The van der Waals surface area contributed by atoms with Gasteiger partial charge in [-0.2, -0.15) is 0 Å². The lowest BCUT2D eigenvalue weighted by molar-refractivity contribution is -0.114. The van der Waals surface area contributed by atoms with E-state index in [1.165, 1.54) is 13.1 Å². The number of carbonyl (C=O) groups excluding carboxylic acids is 1. The highest BCUT2D eigenvalue weighted by molar-refractivity contribution is 7.28. The minimum Gasteiger partial charge on any atom is -0.312 e. The number of nitrogens with zero attached hydrogens (tertiary/aromatic N) is 1. The summed E-state index contributed by atoms with van der Waals surface area (Å²) < 4.78 is 0. The predicted molar refractivity (Wildman–Crippen MR) is 59.9 cm³/mol. The Bertz CT molecular complexity index is 362. The summed E-state index contributed by atoms with van der Waals surface area (Å²) in [6.45, 7) is 5.36. The number of hydrogen-bond donors (Lipinski definition) is 2. The van der Waals surface area contributed by atoms with Gasteiger partial charge in [-0.15, -0.1) is 0 Å². The van der Waals surface area contributed by atoms with E-state index in [1.807, 2.05) is 13.8 Å². The van der Waals surface area contributed by atoms with E-state index >= 15 is 0 Å². The minimum atomic E-state index is -0.482. The molecule has 0 aliphatic heterocycles.